The Morgan fingerprint density at radius 2 is 0.942 bits per heavy atom. The van der Waals surface area contributed by atoms with Crippen LogP contribution in [0.1, 0.15) is 5.56 Å². The SMILES string of the molecule is N#Cc1ccc2c3ccc4c(c5ccccc5n4-c4ccccc4)c3n(-c3ccc(-c4nc(-c5ccccc5)nc(-c5ccccc5)n4)cc3)c2c1. The summed E-state index contributed by atoms with van der Waals surface area (Å²) in [4.78, 5) is 14.8. The van der Waals surface area contributed by atoms with Crippen molar-refractivity contribution in [1.29, 1.82) is 5.26 Å². The number of nitriles is 1. The molecule has 10 aromatic rings. The number of nitrogens with zero attached hydrogens (tertiary/aromatic N) is 6. The van der Waals surface area contributed by atoms with Gasteiger partial charge in [0, 0.05) is 49.6 Å². The molecule has 0 fully saturated rings. The van der Waals surface area contributed by atoms with E-state index in [0.29, 0.717) is 23.0 Å². The van der Waals surface area contributed by atoms with Gasteiger partial charge < -0.3 is 9.13 Å². The van der Waals surface area contributed by atoms with Crippen molar-refractivity contribution in [2.24, 2.45) is 0 Å². The summed E-state index contributed by atoms with van der Waals surface area (Å²) in [6.07, 6.45) is 0. The number of aromatic nitrogens is 5. The Bertz CT molecular complexity index is 2930. The van der Waals surface area contributed by atoms with Gasteiger partial charge in [-0.25, -0.2) is 15.0 Å². The van der Waals surface area contributed by atoms with Crippen molar-refractivity contribution < 1.29 is 0 Å². The topological polar surface area (TPSA) is 72.3 Å². The van der Waals surface area contributed by atoms with Gasteiger partial charge in [0.15, 0.2) is 17.5 Å². The number of rotatable bonds is 5. The van der Waals surface area contributed by atoms with Crippen LogP contribution in [0.3, 0.4) is 0 Å². The molecular formula is C46H28N6. The minimum absolute atomic E-state index is 0.599. The van der Waals surface area contributed by atoms with Crippen LogP contribution in [-0.4, -0.2) is 24.1 Å². The first-order chi connectivity index (χ1) is 25.7. The van der Waals surface area contributed by atoms with E-state index in [1.807, 2.05) is 78.9 Å². The molecular weight excluding hydrogens is 637 g/mol. The summed E-state index contributed by atoms with van der Waals surface area (Å²) in [6, 6.07) is 60.3. The quantitative estimate of drug-likeness (QED) is 0.184. The van der Waals surface area contributed by atoms with Gasteiger partial charge in [-0.15, -0.1) is 0 Å². The van der Waals surface area contributed by atoms with E-state index < -0.39 is 0 Å². The lowest BCUT2D eigenvalue weighted by atomic mass is 10.1. The van der Waals surface area contributed by atoms with Gasteiger partial charge in [0.25, 0.3) is 0 Å². The summed E-state index contributed by atoms with van der Waals surface area (Å²) in [5.41, 5.74) is 9.76. The summed E-state index contributed by atoms with van der Waals surface area (Å²) in [5.74, 6) is 1.84. The van der Waals surface area contributed by atoms with E-state index in [-0.39, 0.29) is 0 Å². The van der Waals surface area contributed by atoms with Crippen LogP contribution in [-0.2, 0) is 0 Å². The minimum Gasteiger partial charge on any atom is -0.309 e. The lowest BCUT2D eigenvalue weighted by Gasteiger charge is -2.12. The third-order valence-electron chi connectivity index (χ3n) is 9.79. The Morgan fingerprint density at radius 1 is 0.404 bits per heavy atom. The van der Waals surface area contributed by atoms with E-state index in [9.17, 15) is 5.26 Å². The maximum Gasteiger partial charge on any atom is 0.164 e. The van der Waals surface area contributed by atoms with Crippen LogP contribution in [0.4, 0.5) is 0 Å². The van der Waals surface area contributed by atoms with Crippen LogP contribution in [0.5, 0.6) is 0 Å². The summed E-state index contributed by atoms with van der Waals surface area (Å²) >= 11 is 0. The summed E-state index contributed by atoms with van der Waals surface area (Å²) < 4.78 is 4.64. The molecule has 0 aliphatic heterocycles. The van der Waals surface area contributed by atoms with E-state index >= 15 is 0 Å². The molecule has 0 amide bonds. The number of hydrogen-bond acceptors (Lipinski definition) is 4. The van der Waals surface area contributed by atoms with Gasteiger partial charge in [0.2, 0.25) is 0 Å². The maximum absolute atomic E-state index is 9.97. The number of benzene rings is 7. The molecule has 0 aliphatic carbocycles. The Kier molecular flexibility index (Phi) is 6.76. The van der Waals surface area contributed by atoms with Crippen molar-refractivity contribution in [2.45, 2.75) is 0 Å². The lowest BCUT2D eigenvalue weighted by Crippen LogP contribution is -2.00. The molecule has 10 rings (SSSR count). The predicted molar refractivity (Wildman–Crippen MR) is 210 cm³/mol. The van der Waals surface area contributed by atoms with Crippen LogP contribution in [0.15, 0.2) is 170 Å². The van der Waals surface area contributed by atoms with Gasteiger partial charge in [0.05, 0.1) is 33.7 Å². The Morgan fingerprint density at radius 3 is 1.58 bits per heavy atom. The summed E-state index contributed by atoms with van der Waals surface area (Å²) in [5, 5.41) is 14.5. The van der Waals surface area contributed by atoms with Gasteiger partial charge in [-0.1, -0.05) is 109 Å². The zero-order valence-corrected chi connectivity index (χ0v) is 27.8. The molecule has 0 radical (unpaired) electrons. The Balaban J connectivity index is 1.22. The van der Waals surface area contributed by atoms with Crippen molar-refractivity contribution in [3.8, 4) is 51.6 Å². The van der Waals surface area contributed by atoms with Gasteiger partial charge in [-0.2, -0.15) is 5.26 Å². The fraction of sp³-hybridized carbons (Fsp3) is 0. The minimum atomic E-state index is 0.599. The second-order valence-corrected chi connectivity index (χ2v) is 12.8. The third-order valence-corrected chi connectivity index (χ3v) is 9.79. The second kappa shape index (κ2) is 11.9. The third kappa shape index (κ3) is 4.68. The predicted octanol–water partition coefficient (Wildman–Crippen LogP) is 10.9. The molecule has 52 heavy (non-hydrogen) atoms. The van der Waals surface area contributed by atoms with E-state index in [0.717, 1.165) is 66.3 Å². The zero-order chi connectivity index (χ0) is 34.6. The van der Waals surface area contributed by atoms with Crippen LogP contribution >= 0.6 is 0 Å². The van der Waals surface area contributed by atoms with E-state index in [2.05, 4.69) is 106 Å². The second-order valence-electron chi connectivity index (χ2n) is 12.8. The van der Waals surface area contributed by atoms with Crippen molar-refractivity contribution in [2.75, 3.05) is 0 Å². The fourth-order valence-electron chi connectivity index (χ4n) is 7.45. The Labute approximate surface area is 299 Å². The van der Waals surface area contributed by atoms with Crippen molar-refractivity contribution in [1.82, 2.24) is 24.1 Å². The number of hydrogen-bond donors (Lipinski definition) is 0. The highest BCUT2D eigenvalue weighted by Gasteiger charge is 2.21. The first kappa shape index (κ1) is 29.5. The summed E-state index contributed by atoms with van der Waals surface area (Å²) in [6.45, 7) is 0. The average molecular weight is 665 g/mol. The lowest BCUT2D eigenvalue weighted by molar-refractivity contribution is 1.07. The summed E-state index contributed by atoms with van der Waals surface area (Å²) in [7, 11) is 0. The average Bonchev–Trinajstić information content (AvgIpc) is 3.74. The van der Waals surface area contributed by atoms with Gasteiger partial charge in [-0.3, -0.25) is 0 Å². The molecule has 0 saturated heterocycles. The highest BCUT2D eigenvalue weighted by atomic mass is 15.0. The van der Waals surface area contributed by atoms with Crippen LogP contribution in [0.25, 0.3) is 89.2 Å². The molecule has 0 bridgehead atoms. The van der Waals surface area contributed by atoms with Crippen LogP contribution in [0.2, 0.25) is 0 Å². The molecule has 0 atom stereocenters. The highest BCUT2D eigenvalue weighted by Crippen LogP contribution is 2.42. The maximum atomic E-state index is 9.97. The van der Waals surface area contributed by atoms with Gasteiger partial charge in [0.1, 0.15) is 0 Å². The monoisotopic (exact) mass is 664 g/mol. The Hall–Kier alpha value is -7.36. The number of para-hydroxylation sites is 2. The molecule has 0 spiro atoms. The molecule has 7 aromatic carbocycles. The smallest absolute Gasteiger partial charge is 0.164 e. The molecule has 0 aliphatic rings. The standard InChI is InChI=1S/C46H28N6/c47-29-30-20-25-36-37-26-27-40-42(38-18-10-11-19-39(38)51(40)34-16-8-3-9-17-34)43(37)52(41(36)28-30)35-23-21-33(22-24-35)46-49-44(31-12-4-1-5-13-31)48-45(50-46)32-14-6-2-7-15-32/h1-28H. The normalized spacial score (nSPS) is 11.4. The van der Waals surface area contributed by atoms with E-state index in [4.69, 9.17) is 15.0 Å². The molecule has 6 nitrogen and oxygen atoms in total. The van der Waals surface area contributed by atoms with E-state index in [1.54, 1.807) is 0 Å². The molecule has 0 saturated carbocycles. The first-order valence-corrected chi connectivity index (χ1v) is 17.2. The molecule has 0 unspecified atom stereocenters. The molecule has 242 valence electrons. The molecule has 3 aromatic heterocycles. The van der Waals surface area contributed by atoms with Gasteiger partial charge in [-0.05, 0) is 60.7 Å². The first-order valence-electron chi connectivity index (χ1n) is 17.2. The highest BCUT2D eigenvalue weighted by molar-refractivity contribution is 6.26. The largest absolute Gasteiger partial charge is 0.309 e. The zero-order valence-electron chi connectivity index (χ0n) is 27.8. The van der Waals surface area contributed by atoms with E-state index in [1.165, 1.54) is 5.39 Å². The van der Waals surface area contributed by atoms with Crippen molar-refractivity contribution in [3.05, 3.63) is 175 Å². The van der Waals surface area contributed by atoms with Crippen molar-refractivity contribution >= 4 is 43.6 Å². The molecule has 3 heterocycles. The molecule has 0 N–H and O–H groups in total. The van der Waals surface area contributed by atoms with Gasteiger partial charge >= 0.3 is 0 Å². The molecule has 6 heteroatoms. The van der Waals surface area contributed by atoms with Crippen LogP contribution < -0.4 is 0 Å². The fourth-order valence-corrected chi connectivity index (χ4v) is 7.45. The van der Waals surface area contributed by atoms with Crippen molar-refractivity contribution in [3.63, 3.8) is 0 Å². The number of fused-ring (bicyclic) bond motifs is 7. The van der Waals surface area contributed by atoms with Crippen LogP contribution in [0, 0.1) is 11.3 Å².